The van der Waals surface area contributed by atoms with Crippen molar-refractivity contribution in [3.05, 3.63) is 98.9 Å². The fourth-order valence-electron chi connectivity index (χ4n) is 3.02. The molecule has 3 nitrogen and oxygen atoms in total. The van der Waals surface area contributed by atoms with Gasteiger partial charge in [0.25, 0.3) is 11.8 Å². The van der Waals surface area contributed by atoms with E-state index in [1.807, 2.05) is 31.2 Å². The molecule has 0 bridgehead atoms. The van der Waals surface area contributed by atoms with Gasteiger partial charge in [-0.2, -0.15) is 0 Å². The van der Waals surface area contributed by atoms with Crippen molar-refractivity contribution in [1.82, 2.24) is 0 Å². The van der Waals surface area contributed by atoms with Crippen LogP contribution in [-0.2, 0) is 9.59 Å². The third-order valence-corrected chi connectivity index (χ3v) is 6.09. The van der Waals surface area contributed by atoms with Crippen LogP contribution in [0.5, 0.6) is 0 Å². The second-order valence-corrected chi connectivity index (χ2v) is 8.50. The first-order valence-electron chi connectivity index (χ1n) is 8.83. The highest BCUT2D eigenvalue weighted by atomic mass is 35.5. The van der Waals surface area contributed by atoms with E-state index >= 15 is 0 Å². The molecule has 6 heteroatoms. The first-order chi connectivity index (χ1) is 13.9. The summed E-state index contributed by atoms with van der Waals surface area (Å²) in [5.74, 6) is -0.693. The zero-order chi connectivity index (χ0) is 20.5. The molecular formula is C23H15Cl2NO2S. The standard InChI is InChI=1S/C23H15Cl2NO2S/c1-14-2-10-18(11-3-14)26-22(27)20(15-4-6-16(24)7-5-15)21(23(26)28)29-19-12-8-17(25)9-13-19/h2-13H,1H3. The van der Waals surface area contributed by atoms with Gasteiger partial charge in [0.15, 0.2) is 0 Å². The van der Waals surface area contributed by atoms with E-state index in [-0.39, 0.29) is 11.8 Å². The lowest BCUT2D eigenvalue weighted by Crippen LogP contribution is -2.31. The Bertz CT molecular complexity index is 1120. The summed E-state index contributed by atoms with van der Waals surface area (Å²) in [6, 6.07) is 21.4. The van der Waals surface area contributed by atoms with Crippen LogP contribution >= 0.6 is 35.0 Å². The van der Waals surface area contributed by atoms with Gasteiger partial charge >= 0.3 is 0 Å². The van der Waals surface area contributed by atoms with Gasteiger partial charge < -0.3 is 0 Å². The topological polar surface area (TPSA) is 37.4 Å². The first-order valence-corrected chi connectivity index (χ1v) is 10.4. The largest absolute Gasteiger partial charge is 0.272 e. The van der Waals surface area contributed by atoms with Gasteiger partial charge in [0.05, 0.1) is 16.2 Å². The van der Waals surface area contributed by atoms with Crippen molar-refractivity contribution in [2.75, 3.05) is 4.90 Å². The van der Waals surface area contributed by atoms with Crippen LogP contribution in [0.3, 0.4) is 0 Å². The molecule has 4 rings (SSSR count). The van der Waals surface area contributed by atoms with Crippen LogP contribution in [0.25, 0.3) is 5.57 Å². The zero-order valence-electron chi connectivity index (χ0n) is 15.4. The van der Waals surface area contributed by atoms with Gasteiger partial charge in [0, 0.05) is 14.9 Å². The van der Waals surface area contributed by atoms with Crippen LogP contribution in [0.4, 0.5) is 5.69 Å². The van der Waals surface area contributed by atoms with E-state index < -0.39 is 0 Å². The average molecular weight is 440 g/mol. The maximum atomic E-state index is 13.3. The Morgan fingerprint density at radius 3 is 1.86 bits per heavy atom. The summed E-state index contributed by atoms with van der Waals surface area (Å²) in [5.41, 5.74) is 2.62. The Hall–Kier alpha value is -2.53. The van der Waals surface area contributed by atoms with Gasteiger partial charge in [-0.3, -0.25) is 9.59 Å². The second kappa shape index (κ2) is 8.07. The maximum absolute atomic E-state index is 13.3. The monoisotopic (exact) mass is 439 g/mol. The average Bonchev–Trinajstić information content (AvgIpc) is 2.95. The zero-order valence-corrected chi connectivity index (χ0v) is 17.7. The molecular weight excluding hydrogens is 425 g/mol. The van der Waals surface area contributed by atoms with E-state index in [0.717, 1.165) is 10.5 Å². The number of thioether (sulfide) groups is 1. The van der Waals surface area contributed by atoms with E-state index in [1.54, 1.807) is 48.5 Å². The minimum atomic E-state index is -0.349. The summed E-state index contributed by atoms with van der Waals surface area (Å²) >= 11 is 13.2. The Balaban J connectivity index is 1.80. The third-order valence-electron chi connectivity index (χ3n) is 4.50. The molecule has 1 aliphatic heterocycles. The number of benzene rings is 3. The normalized spacial score (nSPS) is 14.1. The van der Waals surface area contributed by atoms with E-state index in [2.05, 4.69) is 0 Å². The van der Waals surface area contributed by atoms with Crippen LogP contribution in [0, 0.1) is 6.92 Å². The van der Waals surface area contributed by atoms with Crippen LogP contribution in [0.2, 0.25) is 10.0 Å². The Morgan fingerprint density at radius 2 is 1.28 bits per heavy atom. The van der Waals surface area contributed by atoms with Crippen LogP contribution in [-0.4, -0.2) is 11.8 Å². The lowest BCUT2D eigenvalue weighted by atomic mass is 10.1. The summed E-state index contributed by atoms with van der Waals surface area (Å²) in [5, 5.41) is 1.17. The molecule has 0 fully saturated rings. The quantitative estimate of drug-likeness (QED) is 0.442. The van der Waals surface area contributed by atoms with Gasteiger partial charge in [0.1, 0.15) is 0 Å². The van der Waals surface area contributed by atoms with E-state index in [4.69, 9.17) is 23.2 Å². The molecule has 0 spiro atoms. The highest BCUT2D eigenvalue weighted by Gasteiger charge is 2.40. The smallest absolute Gasteiger partial charge is 0.268 e. The number of rotatable bonds is 4. The minimum absolute atomic E-state index is 0.344. The molecule has 1 heterocycles. The maximum Gasteiger partial charge on any atom is 0.272 e. The van der Waals surface area contributed by atoms with Crippen molar-refractivity contribution in [3.8, 4) is 0 Å². The summed E-state index contributed by atoms with van der Waals surface area (Å²) < 4.78 is 0. The fraction of sp³-hybridized carbons (Fsp3) is 0.0435. The van der Waals surface area contributed by atoms with Gasteiger partial charge in [0.2, 0.25) is 0 Å². The Labute approximate surface area is 182 Å². The van der Waals surface area contributed by atoms with Crippen molar-refractivity contribution in [2.45, 2.75) is 11.8 Å². The molecule has 144 valence electrons. The number of carbonyl (C=O) groups is 2. The van der Waals surface area contributed by atoms with Gasteiger partial charge in [-0.25, -0.2) is 4.90 Å². The molecule has 0 aliphatic carbocycles. The molecule has 3 aromatic rings. The molecule has 0 unspecified atom stereocenters. The van der Waals surface area contributed by atoms with Crippen molar-refractivity contribution in [2.24, 2.45) is 0 Å². The molecule has 0 saturated carbocycles. The number of amides is 2. The molecule has 0 saturated heterocycles. The number of carbonyl (C=O) groups excluding carboxylic acids is 2. The third kappa shape index (κ3) is 3.97. The molecule has 0 radical (unpaired) electrons. The van der Waals surface area contributed by atoms with Crippen LogP contribution < -0.4 is 4.90 Å². The number of aryl methyl sites for hydroxylation is 1. The SMILES string of the molecule is Cc1ccc(N2C(=O)C(Sc3ccc(Cl)cc3)=C(c3ccc(Cl)cc3)C2=O)cc1. The minimum Gasteiger partial charge on any atom is -0.268 e. The summed E-state index contributed by atoms with van der Waals surface area (Å²) in [6.45, 7) is 1.95. The number of hydrogen-bond acceptors (Lipinski definition) is 3. The van der Waals surface area contributed by atoms with Crippen molar-refractivity contribution in [3.63, 3.8) is 0 Å². The number of nitrogens with zero attached hydrogens (tertiary/aromatic N) is 1. The molecule has 1 aliphatic rings. The highest BCUT2D eigenvalue weighted by Crippen LogP contribution is 2.41. The van der Waals surface area contributed by atoms with Crippen molar-refractivity contribution in [1.29, 1.82) is 0 Å². The lowest BCUT2D eigenvalue weighted by Gasteiger charge is -2.15. The number of halogens is 2. The molecule has 3 aromatic carbocycles. The van der Waals surface area contributed by atoms with Gasteiger partial charge in [-0.05, 0) is 61.0 Å². The summed E-state index contributed by atoms with van der Waals surface area (Å²) in [6.07, 6.45) is 0. The molecule has 0 atom stereocenters. The molecule has 2 amide bonds. The van der Waals surface area contributed by atoms with E-state index in [9.17, 15) is 9.59 Å². The second-order valence-electron chi connectivity index (χ2n) is 6.55. The molecule has 0 aromatic heterocycles. The number of imide groups is 1. The van der Waals surface area contributed by atoms with E-state index in [1.165, 1.54) is 16.7 Å². The molecule has 0 N–H and O–H groups in total. The number of anilines is 1. The van der Waals surface area contributed by atoms with Gasteiger partial charge in [-0.1, -0.05) is 64.8 Å². The predicted molar refractivity (Wildman–Crippen MR) is 119 cm³/mol. The highest BCUT2D eigenvalue weighted by molar-refractivity contribution is 8.04. The van der Waals surface area contributed by atoms with Crippen molar-refractivity contribution >= 4 is 58.0 Å². The first kappa shape index (κ1) is 19.8. The lowest BCUT2D eigenvalue weighted by molar-refractivity contribution is -0.119. The fourth-order valence-corrected chi connectivity index (χ4v) is 4.27. The summed E-state index contributed by atoms with van der Waals surface area (Å²) in [7, 11) is 0. The van der Waals surface area contributed by atoms with Gasteiger partial charge in [-0.15, -0.1) is 0 Å². The van der Waals surface area contributed by atoms with Crippen LogP contribution in [0.1, 0.15) is 11.1 Å². The number of hydrogen-bond donors (Lipinski definition) is 0. The molecule has 29 heavy (non-hydrogen) atoms. The Morgan fingerprint density at radius 1 is 0.724 bits per heavy atom. The predicted octanol–water partition coefficient (Wildman–Crippen LogP) is 6.38. The summed E-state index contributed by atoms with van der Waals surface area (Å²) in [4.78, 5) is 29.0. The van der Waals surface area contributed by atoms with Crippen molar-refractivity contribution < 1.29 is 9.59 Å². The van der Waals surface area contributed by atoms with E-state index in [0.29, 0.717) is 31.8 Å². The Kier molecular flexibility index (Phi) is 5.50. The van der Waals surface area contributed by atoms with Crippen LogP contribution in [0.15, 0.2) is 82.6 Å².